The molecule has 1 N–H and O–H groups in total. The number of para-hydroxylation sites is 1. The van der Waals surface area contributed by atoms with Crippen LogP contribution >= 0.6 is 11.8 Å². The number of aromatic hydroxyl groups is 1. The molecule has 0 spiro atoms. The normalized spacial score (nSPS) is 17.0. The van der Waals surface area contributed by atoms with Gasteiger partial charge in [0.1, 0.15) is 5.75 Å². The summed E-state index contributed by atoms with van der Waals surface area (Å²) in [5.74, 6) is -0.455. The molecule has 0 saturated carbocycles. The van der Waals surface area contributed by atoms with Crippen LogP contribution in [0.5, 0.6) is 5.75 Å². The Hall–Kier alpha value is -3.06. The maximum atomic E-state index is 12.6. The van der Waals surface area contributed by atoms with Crippen LogP contribution in [0, 0.1) is 0 Å². The number of nitrogens with zero attached hydrogens (tertiary/aromatic N) is 2. The Labute approximate surface area is 161 Å². The molecule has 1 fully saturated rings. The number of thioether (sulfide) groups is 1. The zero-order valence-corrected chi connectivity index (χ0v) is 15.7. The van der Waals surface area contributed by atoms with Gasteiger partial charge in [-0.05, 0) is 55.1 Å². The number of carbonyl (C=O) groups is 2. The Kier molecular flexibility index (Phi) is 5.61. The standard InChI is InChI=1S/C20H18N2O4S/c1-3-22-18(24)17(12-14-6-4-5-7-16(14)23)27-20(22)21-15-10-8-13(9-11-15)19(25)26-2/h4-12,23H,3H2,1-2H3/b17-12+,21-20?. The lowest BCUT2D eigenvalue weighted by molar-refractivity contribution is -0.122. The van der Waals surface area contributed by atoms with Crippen LogP contribution in [-0.2, 0) is 9.53 Å². The molecule has 1 aliphatic rings. The topological polar surface area (TPSA) is 79.2 Å². The Balaban J connectivity index is 1.89. The van der Waals surface area contributed by atoms with Crippen LogP contribution in [0.1, 0.15) is 22.8 Å². The molecule has 0 bridgehead atoms. The van der Waals surface area contributed by atoms with Crippen molar-refractivity contribution in [3.8, 4) is 5.75 Å². The lowest BCUT2D eigenvalue weighted by atomic mass is 10.2. The Morgan fingerprint density at radius 3 is 2.56 bits per heavy atom. The SMILES string of the molecule is CCN1C(=O)/C(=C\c2ccccc2O)SC1=Nc1ccc(C(=O)OC)cc1. The van der Waals surface area contributed by atoms with Crippen molar-refractivity contribution >= 4 is 40.6 Å². The largest absolute Gasteiger partial charge is 0.507 e. The number of aliphatic imine (C=N–C) groups is 1. The summed E-state index contributed by atoms with van der Waals surface area (Å²) in [6.45, 7) is 2.35. The third kappa shape index (κ3) is 4.03. The number of amidine groups is 1. The Morgan fingerprint density at radius 2 is 1.93 bits per heavy atom. The number of benzene rings is 2. The van der Waals surface area contributed by atoms with Crippen molar-refractivity contribution in [1.29, 1.82) is 0 Å². The van der Waals surface area contributed by atoms with Gasteiger partial charge in [0.2, 0.25) is 0 Å². The summed E-state index contributed by atoms with van der Waals surface area (Å²) in [5.41, 5.74) is 1.64. The fourth-order valence-corrected chi connectivity index (χ4v) is 3.57. The number of ether oxygens (including phenoxy) is 1. The number of hydrogen-bond acceptors (Lipinski definition) is 6. The average Bonchev–Trinajstić information content (AvgIpc) is 2.97. The maximum absolute atomic E-state index is 12.6. The number of phenols is 1. The van der Waals surface area contributed by atoms with Gasteiger partial charge < -0.3 is 9.84 Å². The van der Waals surface area contributed by atoms with Crippen molar-refractivity contribution in [2.45, 2.75) is 6.92 Å². The minimum Gasteiger partial charge on any atom is -0.507 e. The first kappa shape index (κ1) is 18.7. The number of likely N-dealkylation sites (N-methyl/N-ethyl adjacent to an activating group) is 1. The van der Waals surface area contributed by atoms with Crippen LogP contribution in [0.25, 0.3) is 6.08 Å². The van der Waals surface area contributed by atoms with E-state index in [1.165, 1.54) is 18.9 Å². The number of phenolic OH excluding ortho intramolecular Hbond substituents is 1. The van der Waals surface area contributed by atoms with Crippen molar-refractivity contribution in [3.63, 3.8) is 0 Å². The van der Waals surface area contributed by atoms with Crippen LogP contribution in [0.3, 0.4) is 0 Å². The van der Waals surface area contributed by atoms with Gasteiger partial charge in [0, 0.05) is 12.1 Å². The number of esters is 1. The summed E-state index contributed by atoms with van der Waals surface area (Å²) in [5, 5.41) is 10.5. The van der Waals surface area contributed by atoms with Gasteiger partial charge in [-0.15, -0.1) is 0 Å². The van der Waals surface area contributed by atoms with Crippen molar-refractivity contribution in [1.82, 2.24) is 4.90 Å². The second kappa shape index (κ2) is 8.09. The summed E-state index contributed by atoms with van der Waals surface area (Å²) in [6.07, 6.45) is 1.66. The molecular formula is C20H18N2O4S. The summed E-state index contributed by atoms with van der Waals surface area (Å²) >= 11 is 1.25. The van der Waals surface area contributed by atoms with Gasteiger partial charge >= 0.3 is 5.97 Å². The molecule has 2 aromatic rings. The van der Waals surface area contributed by atoms with Gasteiger partial charge in [-0.3, -0.25) is 9.69 Å². The number of hydrogen-bond donors (Lipinski definition) is 1. The molecule has 1 amide bonds. The minimum absolute atomic E-state index is 0.116. The lowest BCUT2D eigenvalue weighted by Gasteiger charge is -2.12. The molecule has 0 atom stereocenters. The van der Waals surface area contributed by atoms with Crippen LogP contribution in [0.2, 0.25) is 0 Å². The van der Waals surface area contributed by atoms with E-state index in [0.29, 0.717) is 33.4 Å². The van der Waals surface area contributed by atoms with E-state index in [9.17, 15) is 14.7 Å². The predicted molar refractivity (Wildman–Crippen MR) is 106 cm³/mol. The highest BCUT2D eigenvalue weighted by molar-refractivity contribution is 8.18. The molecule has 0 radical (unpaired) electrons. The molecule has 138 valence electrons. The molecule has 1 aliphatic heterocycles. The van der Waals surface area contributed by atoms with Gasteiger partial charge in [0.25, 0.3) is 5.91 Å². The number of methoxy groups -OCH3 is 1. The molecule has 2 aromatic carbocycles. The fourth-order valence-electron chi connectivity index (χ4n) is 2.52. The van der Waals surface area contributed by atoms with E-state index in [-0.39, 0.29) is 11.7 Å². The first-order valence-corrected chi connectivity index (χ1v) is 9.11. The van der Waals surface area contributed by atoms with Gasteiger partial charge in [-0.1, -0.05) is 18.2 Å². The molecule has 27 heavy (non-hydrogen) atoms. The zero-order chi connectivity index (χ0) is 19.4. The number of carbonyl (C=O) groups excluding carboxylic acids is 2. The molecule has 0 aliphatic carbocycles. The average molecular weight is 382 g/mol. The van der Waals surface area contributed by atoms with Crippen molar-refractivity contribution in [2.75, 3.05) is 13.7 Å². The van der Waals surface area contributed by atoms with Gasteiger partial charge in [0.05, 0.1) is 23.3 Å². The van der Waals surface area contributed by atoms with Crippen LogP contribution < -0.4 is 0 Å². The van der Waals surface area contributed by atoms with Gasteiger partial charge in [-0.25, -0.2) is 9.79 Å². The first-order chi connectivity index (χ1) is 13.0. The fraction of sp³-hybridized carbons (Fsp3) is 0.150. The molecule has 0 unspecified atom stereocenters. The third-order valence-electron chi connectivity index (χ3n) is 3.94. The first-order valence-electron chi connectivity index (χ1n) is 8.30. The summed E-state index contributed by atoms with van der Waals surface area (Å²) < 4.78 is 4.68. The highest BCUT2D eigenvalue weighted by atomic mass is 32.2. The van der Waals surface area contributed by atoms with E-state index in [4.69, 9.17) is 0 Å². The summed E-state index contributed by atoms with van der Waals surface area (Å²) in [7, 11) is 1.33. The summed E-state index contributed by atoms with van der Waals surface area (Å²) in [6, 6.07) is 13.5. The zero-order valence-electron chi connectivity index (χ0n) is 14.9. The van der Waals surface area contributed by atoms with Gasteiger partial charge in [0.15, 0.2) is 5.17 Å². The smallest absolute Gasteiger partial charge is 0.337 e. The molecular weight excluding hydrogens is 364 g/mol. The van der Waals surface area contributed by atoms with E-state index in [1.807, 2.05) is 6.92 Å². The van der Waals surface area contributed by atoms with E-state index in [2.05, 4.69) is 9.73 Å². The molecule has 7 heteroatoms. The van der Waals surface area contributed by atoms with E-state index in [0.717, 1.165) is 0 Å². The number of rotatable bonds is 4. The van der Waals surface area contributed by atoms with Gasteiger partial charge in [-0.2, -0.15) is 0 Å². The second-order valence-corrected chi connectivity index (χ2v) is 6.66. The minimum atomic E-state index is -0.414. The van der Waals surface area contributed by atoms with Crippen molar-refractivity contribution < 1.29 is 19.4 Å². The van der Waals surface area contributed by atoms with E-state index < -0.39 is 5.97 Å². The molecule has 1 heterocycles. The highest BCUT2D eigenvalue weighted by Gasteiger charge is 2.32. The predicted octanol–water partition coefficient (Wildman–Crippen LogP) is 3.80. The highest BCUT2D eigenvalue weighted by Crippen LogP contribution is 2.35. The lowest BCUT2D eigenvalue weighted by Crippen LogP contribution is -2.28. The molecule has 1 saturated heterocycles. The molecule has 0 aromatic heterocycles. The molecule has 3 rings (SSSR count). The second-order valence-electron chi connectivity index (χ2n) is 5.65. The maximum Gasteiger partial charge on any atom is 0.337 e. The monoisotopic (exact) mass is 382 g/mol. The van der Waals surface area contributed by atoms with Crippen molar-refractivity contribution in [3.05, 3.63) is 64.6 Å². The quantitative estimate of drug-likeness (QED) is 0.643. The summed E-state index contributed by atoms with van der Waals surface area (Å²) in [4.78, 5) is 30.8. The number of amides is 1. The Morgan fingerprint density at radius 1 is 1.22 bits per heavy atom. The Bertz CT molecular complexity index is 935. The third-order valence-corrected chi connectivity index (χ3v) is 4.95. The van der Waals surface area contributed by atoms with Crippen molar-refractivity contribution in [2.24, 2.45) is 4.99 Å². The van der Waals surface area contributed by atoms with E-state index >= 15 is 0 Å². The van der Waals surface area contributed by atoms with Crippen LogP contribution in [0.4, 0.5) is 5.69 Å². The molecule has 6 nitrogen and oxygen atoms in total. The van der Waals surface area contributed by atoms with E-state index in [1.54, 1.807) is 59.5 Å². The van der Waals surface area contributed by atoms with Crippen LogP contribution in [0.15, 0.2) is 58.4 Å². The van der Waals surface area contributed by atoms with Crippen LogP contribution in [-0.4, -0.2) is 40.7 Å².